The Bertz CT molecular complexity index is 1020. The maximum Gasteiger partial charge on any atom is 0.163 e. The van der Waals surface area contributed by atoms with Gasteiger partial charge in [-0.1, -0.05) is 6.07 Å². The lowest BCUT2D eigenvalue weighted by molar-refractivity contribution is 0.415. The van der Waals surface area contributed by atoms with Gasteiger partial charge in [-0.15, -0.1) is 0 Å². The normalized spacial score (nSPS) is 17.8. The molecule has 5 rings (SSSR count). The molecule has 6 heteroatoms. The molecule has 2 aromatic heterocycles. The van der Waals surface area contributed by atoms with E-state index in [1.165, 1.54) is 23.4 Å². The second-order valence-corrected chi connectivity index (χ2v) is 8.10. The van der Waals surface area contributed by atoms with Crippen molar-refractivity contribution in [1.82, 2.24) is 15.0 Å². The summed E-state index contributed by atoms with van der Waals surface area (Å²) in [6.45, 7) is 3.04. The molecule has 0 radical (unpaired) electrons. The number of hydrogen-bond acceptors (Lipinski definition) is 6. The summed E-state index contributed by atoms with van der Waals surface area (Å²) >= 11 is 0. The molecule has 1 aliphatic heterocycles. The Hall–Kier alpha value is -3.15. The highest BCUT2D eigenvalue weighted by Gasteiger charge is 2.25. The molecule has 0 saturated carbocycles. The fourth-order valence-electron chi connectivity index (χ4n) is 4.48. The standard InChI is InChI=1S/C24H27N5O/c1-30-20-7-2-6-19(13-20)29-12-10-17(16-29)14-26-24-21-8-3-9-22(21)27-23(28-24)18-5-4-11-25-15-18/h2,4-7,11,13,15,17H,3,8-10,12,14,16H2,1H3,(H,26,27,28)/t17-/m0/s1. The zero-order valence-electron chi connectivity index (χ0n) is 17.3. The molecule has 0 unspecified atom stereocenters. The van der Waals surface area contributed by atoms with Crippen LogP contribution in [0.1, 0.15) is 24.1 Å². The molecule has 1 saturated heterocycles. The summed E-state index contributed by atoms with van der Waals surface area (Å²) < 4.78 is 5.38. The molecule has 1 aliphatic carbocycles. The van der Waals surface area contributed by atoms with Crippen molar-refractivity contribution in [2.24, 2.45) is 5.92 Å². The van der Waals surface area contributed by atoms with E-state index in [-0.39, 0.29) is 0 Å². The Labute approximate surface area is 177 Å². The molecular weight excluding hydrogens is 374 g/mol. The van der Waals surface area contributed by atoms with E-state index in [0.717, 1.165) is 61.9 Å². The predicted molar refractivity (Wildman–Crippen MR) is 119 cm³/mol. The minimum atomic E-state index is 0.588. The number of hydrogen-bond donors (Lipinski definition) is 1. The van der Waals surface area contributed by atoms with Crippen LogP contribution in [0.4, 0.5) is 11.5 Å². The number of methoxy groups -OCH3 is 1. The summed E-state index contributed by atoms with van der Waals surface area (Å²) in [5.41, 5.74) is 4.69. The van der Waals surface area contributed by atoms with Crippen molar-refractivity contribution in [3.8, 4) is 17.1 Å². The van der Waals surface area contributed by atoms with Gasteiger partial charge in [-0.05, 0) is 55.9 Å². The number of pyridine rings is 1. The Kier molecular flexibility index (Phi) is 5.22. The molecule has 3 heterocycles. The number of nitrogens with one attached hydrogen (secondary N) is 1. The van der Waals surface area contributed by atoms with Gasteiger partial charge in [0.1, 0.15) is 11.6 Å². The van der Waals surface area contributed by atoms with Gasteiger partial charge in [0.25, 0.3) is 0 Å². The predicted octanol–water partition coefficient (Wildman–Crippen LogP) is 3.97. The van der Waals surface area contributed by atoms with Gasteiger partial charge in [-0.2, -0.15) is 0 Å². The van der Waals surface area contributed by atoms with Crippen molar-refractivity contribution in [3.63, 3.8) is 0 Å². The van der Waals surface area contributed by atoms with Gasteiger partial charge in [0.15, 0.2) is 5.82 Å². The van der Waals surface area contributed by atoms with E-state index >= 15 is 0 Å². The minimum Gasteiger partial charge on any atom is -0.497 e. The molecule has 1 atom stereocenters. The second-order valence-electron chi connectivity index (χ2n) is 8.10. The van der Waals surface area contributed by atoms with Gasteiger partial charge >= 0.3 is 0 Å². The van der Waals surface area contributed by atoms with Gasteiger partial charge in [0, 0.05) is 60.6 Å². The van der Waals surface area contributed by atoms with E-state index in [0.29, 0.717) is 5.92 Å². The number of aryl methyl sites for hydroxylation is 1. The number of nitrogens with zero attached hydrogens (tertiary/aromatic N) is 4. The molecular formula is C24H27N5O. The number of rotatable bonds is 6. The molecule has 1 aromatic carbocycles. The highest BCUT2D eigenvalue weighted by atomic mass is 16.5. The fraction of sp³-hybridized carbons (Fsp3) is 0.375. The van der Waals surface area contributed by atoms with Crippen LogP contribution in [0, 0.1) is 5.92 Å². The first-order valence-electron chi connectivity index (χ1n) is 10.7. The van der Waals surface area contributed by atoms with Gasteiger partial charge in [0.05, 0.1) is 7.11 Å². The third-order valence-corrected chi connectivity index (χ3v) is 6.12. The van der Waals surface area contributed by atoms with Crippen molar-refractivity contribution in [1.29, 1.82) is 0 Å². The first-order chi connectivity index (χ1) is 14.8. The molecule has 1 fully saturated rings. The highest BCUT2D eigenvalue weighted by Crippen LogP contribution is 2.31. The van der Waals surface area contributed by atoms with Crippen molar-refractivity contribution in [2.45, 2.75) is 25.7 Å². The van der Waals surface area contributed by atoms with E-state index in [4.69, 9.17) is 14.7 Å². The molecule has 0 bridgehead atoms. The summed E-state index contributed by atoms with van der Waals surface area (Å²) in [4.78, 5) is 16.4. The molecule has 6 nitrogen and oxygen atoms in total. The van der Waals surface area contributed by atoms with Crippen molar-refractivity contribution in [2.75, 3.05) is 37.0 Å². The molecule has 154 valence electrons. The highest BCUT2D eigenvalue weighted by molar-refractivity contribution is 5.60. The van der Waals surface area contributed by atoms with Crippen LogP contribution in [0.15, 0.2) is 48.8 Å². The van der Waals surface area contributed by atoms with Crippen LogP contribution in [0.3, 0.4) is 0 Å². The third-order valence-electron chi connectivity index (χ3n) is 6.12. The fourth-order valence-corrected chi connectivity index (χ4v) is 4.48. The van der Waals surface area contributed by atoms with Crippen LogP contribution in [0.25, 0.3) is 11.4 Å². The van der Waals surface area contributed by atoms with Gasteiger partial charge in [0.2, 0.25) is 0 Å². The van der Waals surface area contributed by atoms with Crippen molar-refractivity contribution in [3.05, 3.63) is 60.0 Å². The SMILES string of the molecule is COc1cccc(N2CC[C@@H](CNc3nc(-c4cccnc4)nc4c3CCC4)C2)c1. The van der Waals surface area contributed by atoms with Crippen molar-refractivity contribution < 1.29 is 4.74 Å². The van der Waals surface area contributed by atoms with E-state index in [1.807, 2.05) is 24.4 Å². The minimum absolute atomic E-state index is 0.588. The van der Waals surface area contributed by atoms with E-state index < -0.39 is 0 Å². The van der Waals surface area contributed by atoms with Crippen LogP contribution in [-0.4, -0.2) is 41.7 Å². The Balaban J connectivity index is 1.29. The van der Waals surface area contributed by atoms with Crippen LogP contribution in [0.5, 0.6) is 5.75 Å². The summed E-state index contributed by atoms with van der Waals surface area (Å²) in [6, 6.07) is 12.3. The Morgan fingerprint density at radius 2 is 2.13 bits per heavy atom. The lowest BCUT2D eigenvalue weighted by atomic mass is 10.1. The smallest absolute Gasteiger partial charge is 0.163 e. The van der Waals surface area contributed by atoms with Gasteiger partial charge in [-0.25, -0.2) is 9.97 Å². The molecule has 0 amide bonds. The van der Waals surface area contributed by atoms with E-state index in [1.54, 1.807) is 13.3 Å². The monoisotopic (exact) mass is 401 g/mol. The average Bonchev–Trinajstić information content (AvgIpc) is 3.48. The average molecular weight is 402 g/mol. The Morgan fingerprint density at radius 1 is 1.17 bits per heavy atom. The first-order valence-corrected chi connectivity index (χ1v) is 10.7. The van der Waals surface area contributed by atoms with Crippen molar-refractivity contribution >= 4 is 11.5 Å². The number of benzene rings is 1. The summed E-state index contributed by atoms with van der Waals surface area (Å²) in [7, 11) is 1.72. The van der Waals surface area contributed by atoms with Gasteiger partial charge in [-0.3, -0.25) is 4.98 Å². The summed E-state index contributed by atoms with van der Waals surface area (Å²) in [6.07, 6.45) is 8.04. The number of fused-ring (bicyclic) bond motifs is 1. The zero-order valence-corrected chi connectivity index (χ0v) is 17.3. The molecule has 30 heavy (non-hydrogen) atoms. The van der Waals surface area contributed by atoms with Gasteiger partial charge < -0.3 is 15.0 Å². The lowest BCUT2D eigenvalue weighted by Crippen LogP contribution is -2.23. The summed E-state index contributed by atoms with van der Waals surface area (Å²) in [5.74, 6) is 3.28. The molecule has 3 aromatic rings. The second kappa shape index (κ2) is 8.30. The topological polar surface area (TPSA) is 63.2 Å². The largest absolute Gasteiger partial charge is 0.497 e. The van der Waals surface area contributed by atoms with Crippen LogP contribution in [0.2, 0.25) is 0 Å². The number of aromatic nitrogens is 3. The van der Waals surface area contributed by atoms with Crippen LogP contribution >= 0.6 is 0 Å². The first kappa shape index (κ1) is 18.9. The molecule has 1 N–H and O–H groups in total. The third kappa shape index (κ3) is 3.82. The summed E-state index contributed by atoms with van der Waals surface area (Å²) in [5, 5.41) is 3.67. The Morgan fingerprint density at radius 3 is 3.00 bits per heavy atom. The quantitative estimate of drug-likeness (QED) is 0.674. The number of anilines is 2. The van der Waals surface area contributed by atoms with Crippen LogP contribution < -0.4 is 15.0 Å². The molecule has 0 spiro atoms. The zero-order chi connectivity index (χ0) is 20.3. The van der Waals surface area contributed by atoms with E-state index in [9.17, 15) is 0 Å². The number of ether oxygens (including phenoxy) is 1. The lowest BCUT2D eigenvalue weighted by Gasteiger charge is -2.20. The van der Waals surface area contributed by atoms with E-state index in [2.05, 4.69) is 33.4 Å². The maximum absolute atomic E-state index is 5.38. The van der Waals surface area contributed by atoms with Crippen LogP contribution in [-0.2, 0) is 12.8 Å². The molecule has 2 aliphatic rings. The maximum atomic E-state index is 5.38.